The molecule has 0 atom stereocenters. The molecule has 0 aliphatic carbocycles. The van der Waals surface area contributed by atoms with E-state index in [0.29, 0.717) is 10.7 Å². The van der Waals surface area contributed by atoms with Gasteiger partial charge in [-0.1, -0.05) is 11.6 Å². The Balaban J connectivity index is 2.52. The van der Waals surface area contributed by atoms with Gasteiger partial charge in [0.05, 0.1) is 17.9 Å². The smallest absolute Gasteiger partial charge is 0.390 e. The second-order valence-corrected chi connectivity index (χ2v) is 4.11. The third kappa shape index (κ3) is 2.37. The number of aliphatic hydroxyl groups excluding tert-OH is 1. The van der Waals surface area contributed by atoms with Gasteiger partial charge in [0.2, 0.25) is 0 Å². The molecule has 0 bridgehead atoms. The van der Waals surface area contributed by atoms with Crippen LogP contribution in [0.5, 0.6) is 0 Å². The van der Waals surface area contributed by atoms with Gasteiger partial charge in [0.25, 0.3) is 0 Å². The average Bonchev–Trinajstić information content (AvgIpc) is 2.73. The van der Waals surface area contributed by atoms with Gasteiger partial charge in [0.15, 0.2) is 0 Å². The number of benzene rings is 1. The highest BCUT2D eigenvalue weighted by molar-refractivity contribution is 6.30. The Labute approximate surface area is 106 Å². The molecular weight excluding hydrogens is 267 g/mol. The van der Waals surface area contributed by atoms with E-state index >= 15 is 0 Å². The van der Waals surface area contributed by atoms with E-state index < -0.39 is 18.3 Å². The number of aromatic nitrogens is 1. The van der Waals surface area contributed by atoms with Crippen molar-refractivity contribution in [1.82, 2.24) is 4.57 Å². The molecule has 2 nitrogen and oxygen atoms in total. The minimum atomic E-state index is -4.48. The molecule has 1 aromatic carbocycles. The third-order valence-electron chi connectivity index (χ3n) is 2.55. The number of rotatable bonds is 2. The van der Waals surface area contributed by atoms with E-state index in [1.165, 1.54) is 10.8 Å². The summed E-state index contributed by atoms with van der Waals surface area (Å²) >= 11 is 5.71. The first kappa shape index (κ1) is 13.0. The van der Waals surface area contributed by atoms with Crippen LogP contribution in [0, 0.1) is 0 Å². The largest absolute Gasteiger partial charge is 0.418 e. The summed E-state index contributed by atoms with van der Waals surface area (Å²) in [7, 11) is 0. The highest BCUT2D eigenvalue weighted by atomic mass is 35.5. The fraction of sp³-hybridized carbons (Fsp3) is 0.167. The lowest BCUT2D eigenvalue weighted by atomic mass is 10.2. The molecule has 2 aromatic rings. The highest BCUT2D eigenvalue weighted by Crippen LogP contribution is 2.33. The molecule has 1 aromatic heterocycles. The summed E-state index contributed by atoms with van der Waals surface area (Å²) in [5.41, 5.74) is -0.510. The van der Waals surface area contributed by atoms with Crippen LogP contribution >= 0.6 is 11.6 Å². The van der Waals surface area contributed by atoms with Gasteiger partial charge in [-0.2, -0.15) is 13.2 Å². The van der Waals surface area contributed by atoms with Crippen LogP contribution in [0.3, 0.4) is 0 Å². The van der Waals surface area contributed by atoms with E-state index in [1.54, 1.807) is 24.3 Å². The Morgan fingerprint density at radius 3 is 2.22 bits per heavy atom. The van der Waals surface area contributed by atoms with Crippen molar-refractivity contribution in [3.05, 3.63) is 52.8 Å². The maximum absolute atomic E-state index is 12.7. The topological polar surface area (TPSA) is 25.2 Å². The van der Waals surface area contributed by atoms with Crippen molar-refractivity contribution < 1.29 is 18.3 Å². The van der Waals surface area contributed by atoms with Crippen LogP contribution in [-0.4, -0.2) is 9.67 Å². The zero-order chi connectivity index (χ0) is 13.3. The van der Waals surface area contributed by atoms with Crippen molar-refractivity contribution in [1.29, 1.82) is 0 Å². The normalized spacial score (nSPS) is 11.8. The van der Waals surface area contributed by atoms with Crippen molar-refractivity contribution in [3.8, 4) is 5.69 Å². The van der Waals surface area contributed by atoms with Crippen molar-refractivity contribution in [3.63, 3.8) is 0 Å². The predicted octanol–water partition coefficient (Wildman–Crippen LogP) is 3.64. The van der Waals surface area contributed by atoms with E-state index in [4.69, 9.17) is 16.7 Å². The lowest BCUT2D eigenvalue weighted by Gasteiger charge is -2.11. The van der Waals surface area contributed by atoms with Gasteiger partial charge in [-0.25, -0.2) is 0 Å². The monoisotopic (exact) mass is 275 g/mol. The van der Waals surface area contributed by atoms with Crippen molar-refractivity contribution in [2.75, 3.05) is 0 Å². The molecule has 2 rings (SSSR count). The lowest BCUT2D eigenvalue weighted by Crippen LogP contribution is -2.10. The van der Waals surface area contributed by atoms with Crippen LogP contribution in [0.1, 0.15) is 11.3 Å². The van der Waals surface area contributed by atoms with Gasteiger partial charge < -0.3 is 9.67 Å². The van der Waals surface area contributed by atoms with Crippen LogP contribution in [-0.2, 0) is 12.8 Å². The molecule has 0 aliphatic heterocycles. The van der Waals surface area contributed by atoms with Crippen LogP contribution in [0.25, 0.3) is 5.69 Å². The van der Waals surface area contributed by atoms with Crippen molar-refractivity contribution >= 4 is 11.6 Å². The second-order valence-electron chi connectivity index (χ2n) is 3.68. The first-order valence-corrected chi connectivity index (χ1v) is 5.45. The molecule has 0 saturated carbocycles. The van der Waals surface area contributed by atoms with Gasteiger partial charge in [-0.05, 0) is 30.3 Å². The zero-order valence-electron chi connectivity index (χ0n) is 9.08. The summed E-state index contributed by atoms with van der Waals surface area (Å²) in [6.07, 6.45) is -3.20. The van der Waals surface area contributed by atoms with Gasteiger partial charge in [-0.15, -0.1) is 0 Å². The molecule has 0 radical (unpaired) electrons. The predicted molar refractivity (Wildman–Crippen MR) is 61.7 cm³/mol. The Kier molecular flexibility index (Phi) is 3.36. The van der Waals surface area contributed by atoms with Crippen LogP contribution in [0.15, 0.2) is 36.5 Å². The summed E-state index contributed by atoms with van der Waals surface area (Å²) < 4.78 is 39.3. The summed E-state index contributed by atoms with van der Waals surface area (Å²) in [6, 6.07) is 7.26. The fourth-order valence-electron chi connectivity index (χ4n) is 1.73. The average molecular weight is 276 g/mol. The van der Waals surface area contributed by atoms with Crippen LogP contribution in [0.4, 0.5) is 13.2 Å². The Morgan fingerprint density at radius 1 is 1.11 bits per heavy atom. The molecule has 18 heavy (non-hydrogen) atoms. The molecule has 0 fully saturated rings. The van der Waals surface area contributed by atoms with Gasteiger partial charge in [-0.3, -0.25) is 0 Å². The van der Waals surface area contributed by atoms with E-state index in [2.05, 4.69) is 0 Å². The summed E-state index contributed by atoms with van der Waals surface area (Å²) in [5, 5.41) is 9.61. The summed E-state index contributed by atoms with van der Waals surface area (Å²) in [6.45, 7) is -0.690. The molecule has 0 spiro atoms. The van der Waals surface area contributed by atoms with E-state index in [1.807, 2.05) is 0 Å². The molecule has 1 heterocycles. The minimum Gasteiger partial charge on any atom is -0.390 e. The van der Waals surface area contributed by atoms with E-state index in [-0.39, 0.29) is 5.69 Å². The molecule has 0 saturated heterocycles. The molecule has 96 valence electrons. The first-order valence-electron chi connectivity index (χ1n) is 5.07. The molecular formula is C12H9ClF3NO. The maximum Gasteiger partial charge on any atom is 0.418 e. The van der Waals surface area contributed by atoms with Crippen molar-refractivity contribution in [2.24, 2.45) is 0 Å². The van der Waals surface area contributed by atoms with Crippen LogP contribution < -0.4 is 0 Å². The number of hydrogen-bond acceptors (Lipinski definition) is 1. The zero-order valence-corrected chi connectivity index (χ0v) is 9.83. The molecule has 0 amide bonds. The van der Waals surface area contributed by atoms with Crippen molar-refractivity contribution in [2.45, 2.75) is 12.8 Å². The third-order valence-corrected chi connectivity index (χ3v) is 2.80. The Bertz CT molecular complexity index is 545. The molecule has 6 heteroatoms. The van der Waals surface area contributed by atoms with Gasteiger partial charge in [0.1, 0.15) is 0 Å². The van der Waals surface area contributed by atoms with E-state index in [0.717, 1.165) is 6.07 Å². The first-order chi connectivity index (χ1) is 8.43. The highest BCUT2D eigenvalue weighted by Gasteiger charge is 2.35. The second kappa shape index (κ2) is 4.66. The standard InChI is InChI=1S/C12H9ClF3NO/c13-8-1-3-9(4-2-8)17-6-5-10(11(17)7-18)12(14,15)16/h1-6,18H,7H2. The number of aliphatic hydroxyl groups is 1. The lowest BCUT2D eigenvalue weighted by molar-refractivity contribution is -0.138. The van der Waals surface area contributed by atoms with Crippen LogP contribution in [0.2, 0.25) is 5.02 Å². The quantitative estimate of drug-likeness (QED) is 0.889. The number of hydrogen-bond donors (Lipinski definition) is 1. The number of nitrogens with zero attached hydrogens (tertiary/aromatic N) is 1. The molecule has 0 aliphatic rings. The summed E-state index contributed by atoms with van der Waals surface area (Å²) in [5.74, 6) is 0. The minimum absolute atomic E-state index is 0.190. The SMILES string of the molecule is OCc1c(C(F)(F)F)ccn1-c1ccc(Cl)cc1. The number of alkyl halides is 3. The fourth-order valence-corrected chi connectivity index (χ4v) is 1.85. The Morgan fingerprint density at radius 2 is 1.72 bits per heavy atom. The van der Waals surface area contributed by atoms with Gasteiger partial charge >= 0.3 is 6.18 Å². The summed E-state index contributed by atoms with van der Waals surface area (Å²) in [4.78, 5) is 0. The maximum atomic E-state index is 12.7. The molecule has 1 N–H and O–H groups in total. The number of halogens is 4. The molecule has 0 unspecified atom stereocenters. The Hall–Kier alpha value is -1.46. The van der Waals surface area contributed by atoms with E-state index in [9.17, 15) is 13.2 Å². The van der Waals surface area contributed by atoms with Gasteiger partial charge in [0, 0.05) is 16.9 Å².